The standard InChI is InChI=1S/C23H23N3O5/c1-4-12-26-22(29)19-11-6-5-10-18(19)20(25-26)23(30)31-15(3)21(28)24-17-9-7-8-16(13-17)14(2)27/h5-11,13,15H,4,12H2,1-3H3,(H,24,28). The number of nitrogens with one attached hydrogen (secondary N) is 1. The van der Waals surface area contributed by atoms with Crippen LogP contribution in [0.4, 0.5) is 5.69 Å². The third-order valence-corrected chi connectivity index (χ3v) is 4.69. The van der Waals surface area contributed by atoms with Crippen LogP contribution in [-0.2, 0) is 16.1 Å². The molecule has 8 heteroatoms. The van der Waals surface area contributed by atoms with Gasteiger partial charge in [-0.1, -0.05) is 37.3 Å². The number of Topliss-reactive ketones (excluding diaryl/α,β-unsaturated/α-hetero) is 1. The second kappa shape index (κ2) is 9.34. The van der Waals surface area contributed by atoms with Gasteiger partial charge in [-0.15, -0.1) is 0 Å². The largest absolute Gasteiger partial charge is 0.448 e. The molecule has 1 aromatic heterocycles. The number of benzene rings is 2. The molecule has 8 nitrogen and oxygen atoms in total. The molecule has 0 saturated heterocycles. The number of hydrogen-bond donors (Lipinski definition) is 1. The minimum Gasteiger partial charge on any atom is -0.448 e. The Kier molecular flexibility index (Phi) is 6.59. The zero-order valence-corrected chi connectivity index (χ0v) is 17.5. The summed E-state index contributed by atoms with van der Waals surface area (Å²) in [4.78, 5) is 49.4. The molecule has 1 atom stereocenters. The topological polar surface area (TPSA) is 107 Å². The van der Waals surface area contributed by atoms with Crippen LogP contribution < -0.4 is 10.9 Å². The highest BCUT2D eigenvalue weighted by Gasteiger charge is 2.23. The summed E-state index contributed by atoms with van der Waals surface area (Å²) in [6.07, 6.45) is -0.460. The van der Waals surface area contributed by atoms with Gasteiger partial charge in [0, 0.05) is 23.2 Å². The molecule has 0 spiro atoms. The van der Waals surface area contributed by atoms with Gasteiger partial charge in [0.2, 0.25) is 0 Å². The summed E-state index contributed by atoms with van der Waals surface area (Å²) in [6.45, 7) is 5.12. The Bertz CT molecular complexity index is 1220. The molecule has 1 amide bonds. The Morgan fingerprint density at radius 2 is 1.81 bits per heavy atom. The van der Waals surface area contributed by atoms with Crippen molar-refractivity contribution in [1.82, 2.24) is 9.78 Å². The molecule has 160 valence electrons. The smallest absolute Gasteiger partial charge is 0.360 e. The highest BCUT2D eigenvalue weighted by atomic mass is 16.5. The highest BCUT2D eigenvalue weighted by Crippen LogP contribution is 2.16. The predicted octanol–water partition coefficient (Wildman–Crippen LogP) is 3.19. The van der Waals surface area contributed by atoms with Crippen LogP contribution in [0.2, 0.25) is 0 Å². The Hall–Kier alpha value is -3.81. The third-order valence-electron chi connectivity index (χ3n) is 4.69. The van der Waals surface area contributed by atoms with E-state index in [2.05, 4.69) is 10.4 Å². The minimum atomic E-state index is -1.12. The number of rotatable bonds is 7. The number of nitrogens with zero attached hydrogens (tertiary/aromatic N) is 2. The predicted molar refractivity (Wildman–Crippen MR) is 116 cm³/mol. The molecule has 0 aliphatic carbocycles. The van der Waals surface area contributed by atoms with Gasteiger partial charge in [0.15, 0.2) is 17.6 Å². The fraction of sp³-hybridized carbons (Fsp3) is 0.261. The summed E-state index contributed by atoms with van der Waals surface area (Å²) in [5.41, 5.74) is 0.559. The van der Waals surface area contributed by atoms with Gasteiger partial charge in [0.25, 0.3) is 11.5 Å². The first kappa shape index (κ1) is 21.9. The van der Waals surface area contributed by atoms with E-state index in [1.54, 1.807) is 48.5 Å². The van der Waals surface area contributed by atoms with Crippen LogP contribution >= 0.6 is 0 Å². The lowest BCUT2D eigenvalue weighted by molar-refractivity contribution is -0.123. The van der Waals surface area contributed by atoms with Gasteiger partial charge in [-0.3, -0.25) is 14.4 Å². The molecule has 0 saturated carbocycles. The van der Waals surface area contributed by atoms with E-state index in [4.69, 9.17) is 4.74 Å². The number of aryl methyl sites for hydroxylation is 1. The summed E-state index contributed by atoms with van der Waals surface area (Å²) in [5, 5.41) is 7.53. The lowest BCUT2D eigenvalue weighted by Crippen LogP contribution is -2.32. The number of fused-ring (bicyclic) bond motifs is 1. The average molecular weight is 421 g/mol. The number of carbonyl (C=O) groups is 3. The number of ketones is 1. The van der Waals surface area contributed by atoms with Gasteiger partial charge in [-0.25, -0.2) is 9.48 Å². The molecule has 31 heavy (non-hydrogen) atoms. The first-order valence-electron chi connectivity index (χ1n) is 9.94. The molecule has 3 rings (SSSR count). The quantitative estimate of drug-likeness (QED) is 0.464. The lowest BCUT2D eigenvalue weighted by atomic mass is 10.1. The summed E-state index contributed by atoms with van der Waals surface area (Å²) in [7, 11) is 0. The summed E-state index contributed by atoms with van der Waals surface area (Å²) < 4.78 is 6.57. The monoisotopic (exact) mass is 421 g/mol. The molecule has 2 aromatic carbocycles. The maximum absolute atomic E-state index is 12.8. The van der Waals surface area contributed by atoms with Gasteiger partial charge in [0.1, 0.15) is 0 Å². The first-order chi connectivity index (χ1) is 14.8. The number of aromatic nitrogens is 2. The van der Waals surface area contributed by atoms with E-state index in [0.717, 1.165) is 0 Å². The maximum atomic E-state index is 12.8. The third kappa shape index (κ3) is 4.85. The first-order valence-corrected chi connectivity index (χ1v) is 9.94. The fourth-order valence-corrected chi connectivity index (χ4v) is 3.08. The molecule has 1 N–H and O–H groups in total. The molecule has 3 aromatic rings. The number of carbonyl (C=O) groups excluding carboxylic acids is 3. The van der Waals surface area contributed by atoms with Crippen LogP contribution in [0.15, 0.2) is 53.3 Å². The van der Waals surface area contributed by atoms with Crippen molar-refractivity contribution in [3.63, 3.8) is 0 Å². The number of hydrogen-bond acceptors (Lipinski definition) is 6. The molecule has 0 bridgehead atoms. The Labute approximate surface area is 178 Å². The van der Waals surface area contributed by atoms with E-state index < -0.39 is 18.0 Å². The van der Waals surface area contributed by atoms with E-state index in [9.17, 15) is 19.2 Å². The van der Waals surface area contributed by atoms with Gasteiger partial charge in [-0.05, 0) is 38.5 Å². The van der Waals surface area contributed by atoms with E-state index in [-0.39, 0.29) is 17.0 Å². The number of esters is 1. The van der Waals surface area contributed by atoms with Crippen molar-refractivity contribution in [2.24, 2.45) is 0 Å². The zero-order valence-electron chi connectivity index (χ0n) is 17.5. The maximum Gasteiger partial charge on any atom is 0.360 e. The van der Waals surface area contributed by atoms with Gasteiger partial charge in [-0.2, -0.15) is 5.10 Å². The number of amides is 1. The van der Waals surface area contributed by atoms with Crippen LogP contribution in [0.3, 0.4) is 0 Å². The van der Waals surface area contributed by atoms with Gasteiger partial charge in [0.05, 0.1) is 5.39 Å². The second-order valence-electron chi connectivity index (χ2n) is 7.10. The van der Waals surface area contributed by atoms with Crippen molar-refractivity contribution < 1.29 is 19.1 Å². The Morgan fingerprint density at radius 3 is 2.48 bits per heavy atom. The average Bonchev–Trinajstić information content (AvgIpc) is 2.75. The molecule has 1 unspecified atom stereocenters. The van der Waals surface area contributed by atoms with Crippen molar-refractivity contribution in [2.45, 2.75) is 39.8 Å². The molecule has 1 heterocycles. The Balaban J connectivity index is 1.82. The fourth-order valence-electron chi connectivity index (χ4n) is 3.08. The van der Waals surface area contributed by atoms with Crippen molar-refractivity contribution >= 4 is 34.1 Å². The van der Waals surface area contributed by atoms with E-state index in [0.29, 0.717) is 35.0 Å². The van der Waals surface area contributed by atoms with Crippen molar-refractivity contribution in [2.75, 3.05) is 5.32 Å². The minimum absolute atomic E-state index is 0.0260. The zero-order chi connectivity index (χ0) is 22.5. The van der Waals surface area contributed by atoms with Crippen LogP contribution in [0.25, 0.3) is 10.8 Å². The Morgan fingerprint density at radius 1 is 1.10 bits per heavy atom. The molecular weight excluding hydrogens is 398 g/mol. The molecule has 0 radical (unpaired) electrons. The molecular formula is C23H23N3O5. The van der Waals surface area contributed by atoms with Crippen LogP contribution in [0, 0.1) is 0 Å². The second-order valence-corrected chi connectivity index (χ2v) is 7.10. The summed E-state index contributed by atoms with van der Waals surface area (Å²) >= 11 is 0. The van der Waals surface area contributed by atoms with E-state index in [1.807, 2.05) is 6.92 Å². The summed E-state index contributed by atoms with van der Waals surface area (Å²) in [5.74, 6) is -1.49. The number of anilines is 1. The van der Waals surface area contributed by atoms with E-state index in [1.165, 1.54) is 18.5 Å². The van der Waals surface area contributed by atoms with Crippen LogP contribution in [0.5, 0.6) is 0 Å². The number of ether oxygens (including phenoxy) is 1. The van der Waals surface area contributed by atoms with Crippen LogP contribution in [0.1, 0.15) is 48.0 Å². The normalized spacial score (nSPS) is 11.7. The molecule has 0 aliphatic rings. The van der Waals surface area contributed by atoms with Gasteiger partial charge >= 0.3 is 5.97 Å². The van der Waals surface area contributed by atoms with Gasteiger partial charge < -0.3 is 10.1 Å². The molecule has 0 aliphatic heterocycles. The SMILES string of the molecule is CCCn1nc(C(=O)OC(C)C(=O)Nc2cccc(C(C)=O)c2)c2ccccc2c1=O. The van der Waals surface area contributed by atoms with E-state index >= 15 is 0 Å². The lowest BCUT2D eigenvalue weighted by Gasteiger charge is -2.15. The molecule has 0 fully saturated rings. The van der Waals surface area contributed by atoms with Crippen molar-refractivity contribution in [1.29, 1.82) is 0 Å². The summed E-state index contributed by atoms with van der Waals surface area (Å²) in [6, 6.07) is 13.1. The van der Waals surface area contributed by atoms with Crippen molar-refractivity contribution in [3.8, 4) is 0 Å². The van der Waals surface area contributed by atoms with Crippen LogP contribution in [-0.4, -0.2) is 33.5 Å². The highest BCUT2D eigenvalue weighted by molar-refractivity contribution is 6.04. The van der Waals surface area contributed by atoms with Crippen molar-refractivity contribution in [3.05, 3.63) is 70.1 Å².